The molecule has 0 bridgehead atoms. The largest absolute Gasteiger partial charge is 0.496 e. The summed E-state index contributed by atoms with van der Waals surface area (Å²) in [6.45, 7) is 5.28. The molecular formula is C25H27N5O2. The number of anilines is 2. The Morgan fingerprint density at radius 2 is 1.69 bits per heavy atom. The number of rotatable bonds is 4. The SMILES string of the molecule is COc1ccccc1C1CC(=O)c2c(C)nc(N3CCN(c4ccccn4)CC3)nc2C1. The summed E-state index contributed by atoms with van der Waals surface area (Å²) >= 11 is 0. The first-order chi connectivity index (χ1) is 15.6. The van der Waals surface area contributed by atoms with Crippen molar-refractivity contribution < 1.29 is 9.53 Å². The number of ketones is 1. The minimum Gasteiger partial charge on any atom is -0.496 e. The zero-order chi connectivity index (χ0) is 22.1. The average molecular weight is 430 g/mol. The predicted molar refractivity (Wildman–Crippen MR) is 124 cm³/mol. The number of fused-ring (bicyclic) bond motifs is 1. The lowest BCUT2D eigenvalue weighted by Gasteiger charge is -2.36. The van der Waals surface area contributed by atoms with Gasteiger partial charge in [-0.1, -0.05) is 24.3 Å². The Morgan fingerprint density at radius 3 is 2.44 bits per heavy atom. The van der Waals surface area contributed by atoms with Crippen molar-refractivity contribution in [1.82, 2.24) is 15.0 Å². The molecule has 164 valence electrons. The molecule has 1 fully saturated rings. The second kappa shape index (κ2) is 8.57. The van der Waals surface area contributed by atoms with Gasteiger partial charge in [0.25, 0.3) is 0 Å². The van der Waals surface area contributed by atoms with Crippen molar-refractivity contribution in [1.29, 1.82) is 0 Å². The first kappa shape index (κ1) is 20.4. The van der Waals surface area contributed by atoms with Crippen LogP contribution in [-0.4, -0.2) is 54.0 Å². The quantitative estimate of drug-likeness (QED) is 0.629. The first-order valence-corrected chi connectivity index (χ1v) is 11.1. The molecule has 0 spiro atoms. The van der Waals surface area contributed by atoms with E-state index in [-0.39, 0.29) is 11.7 Å². The lowest BCUT2D eigenvalue weighted by atomic mass is 9.81. The van der Waals surface area contributed by atoms with Gasteiger partial charge in [-0.25, -0.2) is 15.0 Å². The minimum absolute atomic E-state index is 0.0642. The van der Waals surface area contributed by atoms with Crippen molar-refractivity contribution in [2.45, 2.75) is 25.7 Å². The number of carbonyl (C=O) groups excluding carboxylic acids is 1. The van der Waals surface area contributed by atoms with Gasteiger partial charge in [0.15, 0.2) is 5.78 Å². The van der Waals surface area contributed by atoms with Crippen LogP contribution in [0.2, 0.25) is 0 Å². The molecule has 1 aliphatic carbocycles. The smallest absolute Gasteiger partial charge is 0.225 e. The zero-order valence-corrected chi connectivity index (χ0v) is 18.5. The summed E-state index contributed by atoms with van der Waals surface area (Å²) < 4.78 is 5.55. The summed E-state index contributed by atoms with van der Waals surface area (Å²) in [5.41, 5.74) is 3.40. The normalized spacial score (nSPS) is 18.4. The highest BCUT2D eigenvalue weighted by Crippen LogP contribution is 2.37. The Kier molecular flexibility index (Phi) is 5.47. The number of hydrogen-bond acceptors (Lipinski definition) is 7. The molecule has 1 unspecified atom stereocenters. The molecule has 32 heavy (non-hydrogen) atoms. The van der Waals surface area contributed by atoms with Crippen LogP contribution in [-0.2, 0) is 6.42 Å². The Morgan fingerprint density at radius 1 is 0.938 bits per heavy atom. The molecule has 2 aromatic heterocycles. The van der Waals surface area contributed by atoms with Crippen LogP contribution >= 0.6 is 0 Å². The van der Waals surface area contributed by atoms with Crippen molar-refractivity contribution in [2.75, 3.05) is 43.1 Å². The maximum Gasteiger partial charge on any atom is 0.225 e. The number of aryl methyl sites for hydroxylation is 1. The van der Waals surface area contributed by atoms with Gasteiger partial charge in [0.05, 0.1) is 24.1 Å². The van der Waals surface area contributed by atoms with Crippen LogP contribution < -0.4 is 14.5 Å². The van der Waals surface area contributed by atoms with E-state index in [4.69, 9.17) is 14.7 Å². The highest BCUT2D eigenvalue weighted by molar-refractivity contribution is 5.99. The average Bonchev–Trinajstić information content (AvgIpc) is 2.84. The Hall–Kier alpha value is -3.48. The van der Waals surface area contributed by atoms with Gasteiger partial charge in [0, 0.05) is 44.7 Å². The van der Waals surface area contributed by atoms with Crippen LogP contribution in [0.15, 0.2) is 48.7 Å². The number of nitrogens with zero attached hydrogens (tertiary/aromatic N) is 5. The van der Waals surface area contributed by atoms with Crippen molar-refractivity contribution in [3.63, 3.8) is 0 Å². The Bertz CT molecular complexity index is 1130. The standard InChI is InChI=1S/C25H27N5O2/c1-17-24-20(15-18(16-21(24)31)19-7-3-4-8-22(19)32-2)28-25(27-17)30-13-11-29(12-14-30)23-9-5-6-10-26-23/h3-10,18H,11-16H2,1-2H3. The van der Waals surface area contributed by atoms with Crippen molar-refractivity contribution >= 4 is 17.5 Å². The summed E-state index contributed by atoms with van der Waals surface area (Å²) in [5.74, 6) is 2.72. The predicted octanol–water partition coefficient (Wildman–Crippen LogP) is 3.43. The zero-order valence-electron chi connectivity index (χ0n) is 18.5. The fourth-order valence-corrected chi connectivity index (χ4v) is 4.80. The van der Waals surface area contributed by atoms with Crippen LogP contribution in [0.4, 0.5) is 11.8 Å². The highest BCUT2D eigenvalue weighted by Gasteiger charge is 2.32. The van der Waals surface area contributed by atoms with Crippen molar-refractivity contribution in [3.8, 4) is 5.75 Å². The molecule has 5 rings (SSSR count). The summed E-state index contributed by atoms with van der Waals surface area (Å²) in [7, 11) is 1.67. The minimum atomic E-state index is 0.0642. The van der Waals surface area contributed by atoms with Crippen LogP contribution in [0.25, 0.3) is 0 Å². The third-order valence-electron chi connectivity index (χ3n) is 6.42. The lowest BCUT2D eigenvalue weighted by molar-refractivity contribution is 0.0961. The van der Waals surface area contributed by atoms with E-state index in [1.54, 1.807) is 7.11 Å². The van der Waals surface area contributed by atoms with Gasteiger partial charge in [-0.3, -0.25) is 4.79 Å². The first-order valence-electron chi connectivity index (χ1n) is 11.1. The number of carbonyl (C=O) groups is 1. The van der Waals surface area contributed by atoms with Gasteiger partial charge in [0.2, 0.25) is 5.95 Å². The molecule has 1 aliphatic heterocycles. The Balaban J connectivity index is 1.38. The molecule has 0 radical (unpaired) electrons. The van der Waals surface area contributed by atoms with E-state index in [2.05, 4.69) is 14.8 Å². The van der Waals surface area contributed by atoms with Gasteiger partial charge in [-0.05, 0) is 37.1 Å². The molecule has 1 atom stereocenters. The van der Waals surface area contributed by atoms with Gasteiger partial charge in [-0.15, -0.1) is 0 Å². The van der Waals surface area contributed by atoms with E-state index < -0.39 is 0 Å². The highest BCUT2D eigenvalue weighted by atomic mass is 16.5. The van der Waals surface area contributed by atoms with Gasteiger partial charge in [-0.2, -0.15) is 0 Å². The van der Waals surface area contributed by atoms with Gasteiger partial charge in [0.1, 0.15) is 11.6 Å². The third kappa shape index (κ3) is 3.79. The fraction of sp³-hybridized carbons (Fsp3) is 0.360. The number of piperazine rings is 1. The van der Waals surface area contributed by atoms with E-state index in [9.17, 15) is 4.79 Å². The van der Waals surface area contributed by atoms with Crippen LogP contribution in [0.1, 0.15) is 39.6 Å². The van der Waals surface area contributed by atoms with E-state index in [0.717, 1.165) is 60.6 Å². The van der Waals surface area contributed by atoms with E-state index in [0.29, 0.717) is 18.4 Å². The van der Waals surface area contributed by atoms with Crippen molar-refractivity contribution in [2.24, 2.45) is 0 Å². The molecule has 1 aromatic carbocycles. The monoisotopic (exact) mass is 429 g/mol. The number of hydrogen-bond donors (Lipinski definition) is 0. The molecule has 3 heterocycles. The maximum atomic E-state index is 13.0. The van der Waals surface area contributed by atoms with E-state index in [1.807, 2.05) is 55.6 Å². The van der Waals surface area contributed by atoms with Crippen LogP contribution in [0, 0.1) is 6.92 Å². The maximum absolute atomic E-state index is 13.0. The molecule has 3 aromatic rings. The van der Waals surface area contributed by atoms with Crippen molar-refractivity contribution in [3.05, 3.63) is 71.2 Å². The number of para-hydroxylation sites is 1. The van der Waals surface area contributed by atoms with E-state index in [1.165, 1.54) is 0 Å². The number of methoxy groups -OCH3 is 1. The summed E-state index contributed by atoms with van der Waals surface area (Å²) in [6, 6.07) is 13.9. The molecule has 7 heteroatoms. The second-order valence-corrected chi connectivity index (χ2v) is 8.36. The summed E-state index contributed by atoms with van der Waals surface area (Å²) in [6.07, 6.45) is 3.00. The molecule has 0 amide bonds. The second-order valence-electron chi connectivity index (χ2n) is 8.36. The number of Topliss-reactive ketones (excluding diaryl/α,β-unsaturated/α-hetero) is 1. The molecular weight excluding hydrogens is 402 g/mol. The van der Waals surface area contributed by atoms with Gasteiger partial charge >= 0.3 is 0 Å². The topological polar surface area (TPSA) is 71.5 Å². The number of pyridine rings is 1. The molecule has 0 N–H and O–H groups in total. The van der Waals surface area contributed by atoms with E-state index >= 15 is 0 Å². The summed E-state index contributed by atoms with van der Waals surface area (Å²) in [4.78, 5) is 31.6. The fourth-order valence-electron chi connectivity index (χ4n) is 4.80. The molecule has 7 nitrogen and oxygen atoms in total. The number of ether oxygens (including phenoxy) is 1. The Labute approximate surface area is 188 Å². The summed E-state index contributed by atoms with van der Waals surface area (Å²) in [5, 5.41) is 0. The lowest BCUT2D eigenvalue weighted by Crippen LogP contribution is -2.47. The molecule has 0 saturated carbocycles. The van der Waals surface area contributed by atoms with Gasteiger partial charge < -0.3 is 14.5 Å². The van der Waals surface area contributed by atoms with Crippen LogP contribution in [0.5, 0.6) is 5.75 Å². The molecule has 2 aliphatic rings. The number of benzene rings is 1. The molecule has 1 saturated heterocycles. The third-order valence-corrected chi connectivity index (χ3v) is 6.42. The van der Waals surface area contributed by atoms with Crippen LogP contribution in [0.3, 0.4) is 0 Å². The number of aromatic nitrogens is 3.